The highest BCUT2D eigenvalue weighted by Gasteiger charge is 2.25. The van der Waals surface area contributed by atoms with Crippen LogP contribution in [0.5, 0.6) is 0 Å². The summed E-state index contributed by atoms with van der Waals surface area (Å²) < 4.78 is 24.9. The molecule has 0 saturated heterocycles. The zero-order valence-electron chi connectivity index (χ0n) is 12.9. The fraction of sp³-hybridized carbons (Fsp3) is 0.250. The average molecular weight is 411 g/mol. The summed E-state index contributed by atoms with van der Waals surface area (Å²) in [7, 11) is -3.68. The van der Waals surface area contributed by atoms with Crippen LogP contribution in [0.4, 0.5) is 11.4 Å². The van der Waals surface area contributed by atoms with Crippen LogP contribution >= 0.6 is 15.9 Å². The van der Waals surface area contributed by atoms with E-state index in [0.29, 0.717) is 12.2 Å². The molecule has 8 heteroatoms. The minimum absolute atomic E-state index is 0.245. The zero-order valence-corrected chi connectivity index (χ0v) is 15.3. The number of nitrogens with zero attached hydrogens (tertiary/aromatic N) is 2. The van der Waals surface area contributed by atoms with Gasteiger partial charge in [-0.1, -0.05) is 28.1 Å². The Kier molecular flexibility index (Phi) is 4.35. The summed E-state index contributed by atoms with van der Waals surface area (Å²) in [6.45, 7) is 1.35. The SMILES string of the molecule is CS(=O)(=O)c1cc(N2CCc3c(Br)cccc3C2)ccc1[N+](=O)[O-]. The van der Waals surface area contributed by atoms with Crippen molar-refractivity contribution in [1.82, 2.24) is 0 Å². The second-order valence-electron chi connectivity index (χ2n) is 5.73. The highest BCUT2D eigenvalue weighted by molar-refractivity contribution is 9.10. The van der Waals surface area contributed by atoms with Crippen molar-refractivity contribution >= 4 is 37.1 Å². The van der Waals surface area contributed by atoms with Crippen LogP contribution in [0.15, 0.2) is 45.8 Å². The molecule has 0 atom stereocenters. The van der Waals surface area contributed by atoms with Crippen LogP contribution in [0.25, 0.3) is 0 Å². The molecule has 0 unspecified atom stereocenters. The summed E-state index contributed by atoms with van der Waals surface area (Å²) in [5.74, 6) is 0. The number of rotatable bonds is 3. The number of nitro benzene ring substituents is 1. The molecule has 0 aromatic heterocycles. The molecule has 6 nitrogen and oxygen atoms in total. The van der Waals surface area contributed by atoms with Gasteiger partial charge in [0.25, 0.3) is 5.69 Å². The van der Waals surface area contributed by atoms with Gasteiger partial charge in [-0.15, -0.1) is 0 Å². The summed E-state index contributed by atoms with van der Waals surface area (Å²) in [4.78, 5) is 12.2. The Labute approximate surface area is 148 Å². The molecule has 3 rings (SSSR count). The Balaban J connectivity index is 2.01. The van der Waals surface area contributed by atoms with E-state index < -0.39 is 14.8 Å². The molecule has 24 heavy (non-hydrogen) atoms. The first kappa shape index (κ1) is 16.9. The van der Waals surface area contributed by atoms with E-state index in [0.717, 1.165) is 29.3 Å². The van der Waals surface area contributed by atoms with E-state index in [-0.39, 0.29) is 10.6 Å². The lowest BCUT2D eigenvalue weighted by atomic mass is 9.99. The Morgan fingerprint density at radius 1 is 1.25 bits per heavy atom. The third-order valence-electron chi connectivity index (χ3n) is 4.11. The smallest absolute Gasteiger partial charge is 0.288 e. The predicted molar refractivity (Wildman–Crippen MR) is 95.1 cm³/mol. The van der Waals surface area contributed by atoms with Gasteiger partial charge in [0.2, 0.25) is 0 Å². The van der Waals surface area contributed by atoms with E-state index in [1.807, 2.05) is 23.1 Å². The monoisotopic (exact) mass is 410 g/mol. The van der Waals surface area contributed by atoms with Gasteiger partial charge < -0.3 is 4.90 Å². The van der Waals surface area contributed by atoms with Crippen molar-refractivity contribution in [2.24, 2.45) is 0 Å². The van der Waals surface area contributed by atoms with Crippen LogP contribution in [-0.2, 0) is 22.8 Å². The fourth-order valence-corrected chi connectivity index (χ4v) is 4.39. The highest BCUT2D eigenvalue weighted by Crippen LogP contribution is 2.33. The summed E-state index contributed by atoms with van der Waals surface area (Å²) in [6.07, 6.45) is 1.81. The van der Waals surface area contributed by atoms with E-state index in [2.05, 4.69) is 15.9 Å². The third-order valence-corrected chi connectivity index (χ3v) is 5.98. The lowest BCUT2D eigenvalue weighted by Crippen LogP contribution is -2.30. The maximum atomic E-state index is 11.9. The maximum Gasteiger partial charge on any atom is 0.288 e. The second kappa shape index (κ2) is 6.18. The van der Waals surface area contributed by atoms with Crippen molar-refractivity contribution in [1.29, 1.82) is 0 Å². The number of hydrogen-bond acceptors (Lipinski definition) is 5. The number of halogens is 1. The molecule has 0 fully saturated rings. The molecule has 0 radical (unpaired) electrons. The Bertz CT molecular complexity index is 928. The molecule has 0 aliphatic carbocycles. The number of anilines is 1. The quantitative estimate of drug-likeness (QED) is 0.572. The van der Waals surface area contributed by atoms with Crippen LogP contribution < -0.4 is 4.90 Å². The van der Waals surface area contributed by atoms with Crippen molar-refractivity contribution in [2.45, 2.75) is 17.9 Å². The van der Waals surface area contributed by atoms with Crippen LogP contribution in [0, 0.1) is 10.1 Å². The van der Waals surface area contributed by atoms with Crippen LogP contribution in [0.2, 0.25) is 0 Å². The topological polar surface area (TPSA) is 80.5 Å². The summed E-state index contributed by atoms with van der Waals surface area (Å²) >= 11 is 3.55. The zero-order chi connectivity index (χ0) is 17.5. The standard InChI is InChI=1S/C16H15BrN2O4S/c1-24(22,23)16-9-12(5-6-15(16)19(20)21)18-8-7-13-11(10-18)3-2-4-14(13)17/h2-6,9H,7-8,10H2,1H3. The van der Waals surface area contributed by atoms with Crippen LogP contribution in [-0.4, -0.2) is 26.1 Å². The molecule has 126 valence electrons. The first-order chi connectivity index (χ1) is 11.3. The molecule has 1 aliphatic rings. The lowest BCUT2D eigenvalue weighted by molar-refractivity contribution is -0.387. The predicted octanol–water partition coefficient (Wildman–Crippen LogP) is 3.32. The van der Waals surface area contributed by atoms with Gasteiger partial charge in [-0.25, -0.2) is 8.42 Å². The molecule has 2 aromatic rings. The number of fused-ring (bicyclic) bond motifs is 1. The normalized spacial score (nSPS) is 14.3. The van der Waals surface area contributed by atoms with Crippen molar-refractivity contribution in [3.05, 3.63) is 62.1 Å². The summed E-state index contributed by atoms with van der Waals surface area (Å²) in [5.41, 5.74) is 2.70. The molecule has 0 amide bonds. The molecule has 0 spiro atoms. The van der Waals surface area contributed by atoms with Gasteiger partial charge in [-0.05, 0) is 35.7 Å². The van der Waals surface area contributed by atoms with Gasteiger partial charge in [0, 0.05) is 35.6 Å². The number of nitro groups is 1. The van der Waals surface area contributed by atoms with E-state index in [1.165, 1.54) is 17.7 Å². The first-order valence-electron chi connectivity index (χ1n) is 7.27. The Morgan fingerprint density at radius 3 is 2.67 bits per heavy atom. The van der Waals surface area contributed by atoms with Gasteiger partial charge >= 0.3 is 0 Å². The van der Waals surface area contributed by atoms with Gasteiger partial charge in [0.05, 0.1) is 4.92 Å². The van der Waals surface area contributed by atoms with Crippen molar-refractivity contribution < 1.29 is 13.3 Å². The molecule has 1 aliphatic heterocycles. The van der Waals surface area contributed by atoms with Crippen molar-refractivity contribution in [3.8, 4) is 0 Å². The fourth-order valence-electron chi connectivity index (χ4n) is 2.93. The number of benzene rings is 2. The van der Waals surface area contributed by atoms with E-state index in [9.17, 15) is 18.5 Å². The lowest BCUT2D eigenvalue weighted by Gasteiger charge is -2.31. The van der Waals surface area contributed by atoms with Gasteiger partial charge in [0.1, 0.15) is 4.90 Å². The Hall–Kier alpha value is -1.93. The summed E-state index contributed by atoms with van der Waals surface area (Å²) in [6, 6.07) is 10.3. The van der Waals surface area contributed by atoms with Gasteiger partial charge in [-0.3, -0.25) is 10.1 Å². The van der Waals surface area contributed by atoms with E-state index in [1.54, 1.807) is 6.07 Å². The van der Waals surface area contributed by atoms with Crippen LogP contribution in [0.1, 0.15) is 11.1 Å². The molecule has 2 aromatic carbocycles. The van der Waals surface area contributed by atoms with E-state index >= 15 is 0 Å². The summed E-state index contributed by atoms with van der Waals surface area (Å²) in [5, 5.41) is 11.1. The van der Waals surface area contributed by atoms with Crippen molar-refractivity contribution in [2.75, 3.05) is 17.7 Å². The minimum Gasteiger partial charge on any atom is -0.367 e. The molecule has 0 N–H and O–H groups in total. The largest absolute Gasteiger partial charge is 0.367 e. The second-order valence-corrected chi connectivity index (χ2v) is 8.57. The molecule has 0 saturated carbocycles. The highest BCUT2D eigenvalue weighted by atomic mass is 79.9. The van der Waals surface area contributed by atoms with E-state index in [4.69, 9.17) is 0 Å². The molecular weight excluding hydrogens is 396 g/mol. The molecular formula is C16H15BrN2O4S. The molecule has 1 heterocycles. The minimum atomic E-state index is -3.68. The molecule has 0 bridgehead atoms. The number of hydrogen-bond donors (Lipinski definition) is 0. The maximum absolute atomic E-state index is 11.9. The van der Waals surface area contributed by atoms with Gasteiger partial charge in [-0.2, -0.15) is 0 Å². The average Bonchev–Trinajstić information content (AvgIpc) is 2.53. The van der Waals surface area contributed by atoms with Crippen LogP contribution in [0.3, 0.4) is 0 Å². The first-order valence-corrected chi connectivity index (χ1v) is 9.95. The van der Waals surface area contributed by atoms with Gasteiger partial charge in [0.15, 0.2) is 9.84 Å². The Morgan fingerprint density at radius 2 is 2.00 bits per heavy atom. The van der Waals surface area contributed by atoms with Crippen molar-refractivity contribution in [3.63, 3.8) is 0 Å². The third kappa shape index (κ3) is 3.16. The number of sulfone groups is 1.